The standard InChI is InChI=1S/C12H15Cl2N3O/c1-16-2-4-17(5-3-16)8-11(18)10-6-9(13)7-15-12(10)14/h6-7H,2-5,8H2,1H3. The summed E-state index contributed by atoms with van der Waals surface area (Å²) in [4.78, 5) is 20.4. The van der Waals surface area contributed by atoms with Crippen molar-refractivity contribution in [3.63, 3.8) is 0 Å². The second kappa shape index (κ2) is 5.97. The largest absolute Gasteiger partial charge is 0.304 e. The molecule has 1 aliphatic rings. The van der Waals surface area contributed by atoms with Crippen LogP contribution in [0.15, 0.2) is 12.3 Å². The van der Waals surface area contributed by atoms with E-state index in [-0.39, 0.29) is 10.9 Å². The molecule has 2 rings (SSSR count). The van der Waals surface area contributed by atoms with E-state index in [0.29, 0.717) is 17.1 Å². The van der Waals surface area contributed by atoms with Gasteiger partial charge in [-0.3, -0.25) is 9.69 Å². The Morgan fingerprint density at radius 2 is 2.00 bits per heavy atom. The molecule has 1 aromatic rings. The van der Waals surface area contributed by atoms with Gasteiger partial charge in [0.05, 0.1) is 17.1 Å². The molecule has 0 bridgehead atoms. The number of nitrogens with zero attached hydrogens (tertiary/aromatic N) is 3. The highest BCUT2D eigenvalue weighted by Gasteiger charge is 2.19. The molecule has 0 atom stereocenters. The lowest BCUT2D eigenvalue weighted by atomic mass is 10.1. The summed E-state index contributed by atoms with van der Waals surface area (Å²) < 4.78 is 0. The number of carbonyl (C=O) groups excluding carboxylic acids is 1. The fourth-order valence-electron chi connectivity index (χ4n) is 1.91. The lowest BCUT2D eigenvalue weighted by Crippen LogP contribution is -2.46. The number of likely N-dealkylation sites (N-methyl/N-ethyl adjacent to an activating group) is 1. The van der Waals surface area contributed by atoms with Gasteiger partial charge in [0.1, 0.15) is 5.15 Å². The summed E-state index contributed by atoms with van der Waals surface area (Å²) in [6.45, 7) is 4.13. The number of hydrogen-bond donors (Lipinski definition) is 0. The molecule has 1 saturated heterocycles. The summed E-state index contributed by atoms with van der Waals surface area (Å²) in [7, 11) is 2.08. The van der Waals surface area contributed by atoms with Gasteiger partial charge in [-0.25, -0.2) is 4.98 Å². The van der Waals surface area contributed by atoms with E-state index >= 15 is 0 Å². The van der Waals surface area contributed by atoms with E-state index < -0.39 is 0 Å². The normalized spacial score (nSPS) is 17.9. The number of hydrogen-bond acceptors (Lipinski definition) is 4. The minimum Gasteiger partial charge on any atom is -0.304 e. The number of Topliss-reactive ketones (excluding diaryl/α,β-unsaturated/α-hetero) is 1. The van der Waals surface area contributed by atoms with Gasteiger partial charge in [0, 0.05) is 32.4 Å². The molecule has 18 heavy (non-hydrogen) atoms. The predicted octanol–water partition coefficient (Wildman–Crippen LogP) is 1.82. The highest BCUT2D eigenvalue weighted by Crippen LogP contribution is 2.18. The Kier molecular flexibility index (Phi) is 4.56. The summed E-state index contributed by atoms with van der Waals surface area (Å²) in [5, 5.41) is 0.652. The zero-order valence-electron chi connectivity index (χ0n) is 10.2. The third kappa shape index (κ3) is 3.42. The predicted molar refractivity (Wildman–Crippen MR) is 72.5 cm³/mol. The minimum absolute atomic E-state index is 0.0282. The Bertz CT molecular complexity index is 445. The first kappa shape index (κ1) is 13.7. The van der Waals surface area contributed by atoms with Crippen LogP contribution in [-0.4, -0.2) is 60.3 Å². The van der Waals surface area contributed by atoms with Crippen molar-refractivity contribution < 1.29 is 4.79 Å². The highest BCUT2D eigenvalue weighted by atomic mass is 35.5. The van der Waals surface area contributed by atoms with E-state index in [9.17, 15) is 4.79 Å². The van der Waals surface area contributed by atoms with Crippen molar-refractivity contribution in [1.82, 2.24) is 14.8 Å². The smallest absolute Gasteiger partial charge is 0.179 e. The van der Waals surface area contributed by atoms with Crippen molar-refractivity contribution in [2.24, 2.45) is 0 Å². The number of rotatable bonds is 3. The second-order valence-electron chi connectivity index (χ2n) is 4.49. The molecule has 0 aromatic carbocycles. The molecule has 0 spiro atoms. The third-order valence-electron chi connectivity index (χ3n) is 3.07. The van der Waals surface area contributed by atoms with Crippen LogP contribution in [0.4, 0.5) is 0 Å². The first-order valence-electron chi connectivity index (χ1n) is 5.81. The Hall–Kier alpha value is -0.680. The molecule has 0 aliphatic carbocycles. The maximum atomic E-state index is 12.1. The molecule has 0 radical (unpaired) electrons. The van der Waals surface area contributed by atoms with Gasteiger partial charge >= 0.3 is 0 Å². The van der Waals surface area contributed by atoms with Gasteiger partial charge in [-0.1, -0.05) is 23.2 Å². The van der Waals surface area contributed by atoms with E-state index in [1.54, 1.807) is 6.07 Å². The summed E-state index contributed by atoms with van der Waals surface area (Å²) in [6.07, 6.45) is 1.44. The van der Waals surface area contributed by atoms with Gasteiger partial charge in [-0.15, -0.1) is 0 Å². The maximum Gasteiger partial charge on any atom is 0.179 e. The molecule has 98 valence electrons. The number of aromatic nitrogens is 1. The van der Waals surface area contributed by atoms with Crippen LogP contribution in [0.1, 0.15) is 10.4 Å². The van der Waals surface area contributed by atoms with Crippen LogP contribution in [0.3, 0.4) is 0 Å². The van der Waals surface area contributed by atoms with E-state index in [0.717, 1.165) is 26.2 Å². The van der Waals surface area contributed by atoms with Crippen LogP contribution >= 0.6 is 23.2 Å². The van der Waals surface area contributed by atoms with Gasteiger partial charge in [0.25, 0.3) is 0 Å². The van der Waals surface area contributed by atoms with Gasteiger partial charge in [-0.05, 0) is 13.1 Å². The zero-order chi connectivity index (χ0) is 13.1. The first-order valence-corrected chi connectivity index (χ1v) is 6.57. The monoisotopic (exact) mass is 287 g/mol. The SMILES string of the molecule is CN1CCN(CC(=O)c2cc(Cl)cnc2Cl)CC1. The highest BCUT2D eigenvalue weighted by molar-refractivity contribution is 6.34. The summed E-state index contributed by atoms with van der Waals surface area (Å²) in [5.74, 6) is -0.0282. The van der Waals surface area contributed by atoms with Crippen molar-refractivity contribution in [1.29, 1.82) is 0 Å². The molecule has 0 saturated carbocycles. The fourth-order valence-corrected chi connectivity index (χ4v) is 2.28. The van der Waals surface area contributed by atoms with E-state index in [1.165, 1.54) is 6.20 Å². The van der Waals surface area contributed by atoms with Crippen molar-refractivity contribution in [2.45, 2.75) is 0 Å². The Labute approximate surface area is 116 Å². The topological polar surface area (TPSA) is 36.4 Å². The van der Waals surface area contributed by atoms with Gasteiger partial charge in [0.2, 0.25) is 0 Å². The first-order chi connectivity index (χ1) is 8.56. The molecule has 6 heteroatoms. The Morgan fingerprint density at radius 3 is 2.67 bits per heavy atom. The lowest BCUT2D eigenvalue weighted by molar-refractivity contribution is 0.0876. The van der Waals surface area contributed by atoms with Gasteiger partial charge in [0.15, 0.2) is 5.78 Å². The third-order valence-corrected chi connectivity index (χ3v) is 3.58. The van der Waals surface area contributed by atoms with E-state index in [2.05, 4.69) is 21.8 Å². The lowest BCUT2D eigenvalue weighted by Gasteiger charge is -2.31. The van der Waals surface area contributed by atoms with Crippen LogP contribution in [0.5, 0.6) is 0 Å². The van der Waals surface area contributed by atoms with Crippen LogP contribution in [0.2, 0.25) is 10.2 Å². The van der Waals surface area contributed by atoms with Crippen molar-refractivity contribution in [2.75, 3.05) is 39.8 Å². The quantitative estimate of drug-likeness (QED) is 0.628. The number of carbonyl (C=O) groups is 1. The van der Waals surface area contributed by atoms with Crippen LogP contribution in [-0.2, 0) is 0 Å². The molecule has 1 aromatic heterocycles. The maximum absolute atomic E-state index is 12.1. The number of piperazine rings is 1. The van der Waals surface area contributed by atoms with Crippen molar-refractivity contribution in [3.05, 3.63) is 28.0 Å². The number of ketones is 1. The molecule has 1 fully saturated rings. The second-order valence-corrected chi connectivity index (χ2v) is 5.29. The Balaban J connectivity index is 2.01. The van der Waals surface area contributed by atoms with Gasteiger partial charge < -0.3 is 4.90 Å². The molecular weight excluding hydrogens is 273 g/mol. The molecule has 0 unspecified atom stereocenters. The average Bonchev–Trinajstić information content (AvgIpc) is 2.35. The average molecular weight is 288 g/mol. The van der Waals surface area contributed by atoms with Gasteiger partial charge in [-0.2, -0.15) is 0 Å². The Morgan fingerprint density at radius 1 is 1.33 bits per heavy atom. The fraction of sp³-hybridized carbons (Fsp3) is 0.500. The van der Waals surface area contributed by atoms with Crippen LogP contribution < -0.4 is 0 Å². The van der Waals surface area contributed by atoms with Crippen molar-refractivity contribution in [3.8, 4) is 0 Å². The molecule has 2 heterocycles. The van der Waals surface area contributed by atoms with Crippen LogP contribution in [0.25, 0.3) is 0 Å². The van der Waals surface area contributed by atoms with E-state index in [4.69, 9.17) is 23.2 Å². The van der Waals surface area contributed by atoms with E-state index in [1.807, 2.05) is 0 Å². The summed E-state index contributed by atoms with van der Waals surface area (Å²) >= 11 is 11.7. The van der Waals surface area contributed by atoms with Crippen LogP contribution in [0, 0.1) is 0 Å². The van der Waals surface area contributed by atoms with Crippen molar-refractivity contribution >= 4 is 29.0 Å². The molecule has 1 aliphatic heterocycles. The minimum atomic E-state index is -0.0282. The zero-order valence-corrected chi connectivity index (χ0v) is 11.7. The summed E-state index contributed by atoms with van der Waals surface area (Å²) in [6, 6.07) is 1.58. The number of pyridine rings is 1. The molecule has 0 amide bonds. The molecular formula is C12H15Cl2N3O. The summed E-state index contributed by atoms with van der Waals surface area (Å²) in [5.41, 5.74) is 0.406. The molecule has 4 nitrogen and oxygen atoms in total. The molecule has 0 N–H and O–H groups in total. The number of halogens is 2.